The zero-order valence-corrected chi connectivity index (χ0v) is 12.3. The van der Waals surface area contributed by atoms with Crippen molar-refractivity contribution in [3.8, 4) is 5.75 Å². The molecule has 0 aliphatic rings. The first-order valence-electron chi connectivity index (χ1n) is 6.96. The molecule has 1 atom stereocenters. The van der Waals surface area contributed by atoms with Crippen molar-refractivity contribution in [1.82, 2.24) is 14.8 Å². The van der Waals surface area contributed by atoms with Crippen LogP contribution in [-0.2, 0) is 6.54 Å². The number of ether oxygens (including phenoxy) is 1. The minimum absolute atomic E-state index is 0.102. The van der Waals surface area contributed by atoms with Gasteiger partial charge in [-0.05, 0) is 38.0 Å². The van der Waals surface area contributed by atoms with E-state index in [0.29, 0.717) is 6.54 Å². The molecule has 0 radical (unpaired) electrons. The fourth-order valence-electron chi connectivity index (χ4n) is 2.06. The van der Waals surface area contributed by atoms with E-state index in [4.69, 9.17) is 10.5 Å². The highest BCUT2D eigenvalue weighted by Gasteiger charge is 2.10. The predicted molar refractivity (Wildman–Crippen MR) is 78.7 cm³/mol. The molecule has 5 nitrogen and oxygen atoms in total. The van der Waals surface area contributed by atoms with Gasteiger partial charge in [-0.3, -0.25) is 0 Å². The Morgan fingerprint density at radius 1 is 1.25 bits per heavy atom. The molecule has 2 rings (SSSR count). The Labute approximate surface area is 119 Å². The second-order valence-corrected chi connectivity index (χ2v) is 4.91. The van der Waals surface area contributed by atoms with Gasteiger partial charge < -0.3 is 10.5 Å². The minimum Gasteiger partial charge on any atom is -0.494 e. The zero-order chi connectivity index (χ0) is 14.5. The minimum atomic E-state index is -0.102. The van der Waals surface area contributed by atoms with Crippen LogP contribution < -0.4 is 10.5 Å². The predicted octanol–water partition coefficient (Wildman–Crippen LogP) is 2.38. The normalized spacial score (nSPS) is 12.4. The molecule has 0 saturated carbocycles. The van der Waals surface area contributed by atoms with E-state index in [1.54, 1.807) is 0 Å². The summed E-state index contributed by atoms with van der Waals surface area (Å²) in [5, 5.41) is 4.33. The maximum atomic E-state index is 6.23. The van der Waals surface area contributed by atoms with Crippen LogP contribution in [0.1, 0.15) is 36.6 Å². The molecule has 2 aromatic rings. The maximum absolute atomic E-state index is 6.23. The van der Waals surface area contributed by atoms with E-state index in [2.05, 4.69) is 17.0 Å². The summed E-state index contributed by atoms with van der Waals surface area (Å²) in [6, 6.07) is 7.84. The highest BCUT2D eigenvalue weighted by molar-refractivity contribution is 5.29. The summed E-state index contributed by atoms with van der Waals surface area (Å²) < 4.78 is 7.41. The molecule has 1 aromatic heterocycles. The van der Waals surface area contributed by atoms with Gasteiger partial charge in [-0.15, -0.1) is 0 Å². The summed E-state index contributed by atoms with van der Waals surface area (Å²) in [5.74, 6) is 2.55. The van der Waals surface area contributed by atoms with Gasteiger partial charge in [0.15, 0.2) is 0 Å². The Morgan fingerprint density at radius 2 is 1.95 bits per heavy atom. The number of hydrogen-bond acceptors (Lipinski definition) is 4. The highest BCUT2D eigenvalue weighted by Crippen LogP contribution is 2.18. The number of nitrogens with two attached hydrogens (primary N) is 1. The first-order chi connectivity index (χ1) is 9.60. The van der Waals surface area contributed by atoms with Gasteiger partial charge in [-0.2, -0.15) is 5.10 Å². The molecule has 108 valence electrons. The third-order valence-corrected chi connectivity index (χ3v) is 3.11. The molecule has 0 spiro atoms. The van der Waals surface area contributed by atoms with Gasteiger partial charge in [-0.25, -0.2) is 9.67 Å². The summed E-state index contributed by atoms with van der Waals surface area (Å²) >= 11 is 0. The Kier molecular flexibility index (Phi) is 4.74. The van der Waals surface area contributed by atoms with E-state index in [0.717, 1.165) is 36.0 Å². The first kappa shape index (κ1) is 14.5. The molecule has 0 saturated heterocycles. The average Bonchev–Trinajstić information content (AvgIpc) is 2.75. The SMILES string of the molecule is CCCOc1ccc(C(N)Cn2nc(C)nc2C)cc1. The van der Waals surface area contributed by atoms with E-state index in [1.807, 2.05) is 42.8 Å². The van der Waals surface area contributed by atoms with Crippen molar-refractivity contribution < 1.29 is 4.74 Å². The Hall–Kier alpha value is -1.88. The van der Waals surface area contributed by atoms with Crippen molar-refractivity contribution in [3.05, 3.63) is 41.5 Å². The van der Waals surface area contributed by atoms with Crippen molar-refractivity contribution in [2.24, 2.45) is 5.73 Å². The number of hydrogen-bond donors (Lipinski definition) is 1. The van der Waals surface area contributed by atoms with Crippen LogP contribution in [0.5, 0.6) is 5.75 Å². The van der Waals surface area contributed by atoms with Gasteiger partial charge in [0.2, 0.25) is 0 Å². The van der Waals surface area contributed by atoms with E-state index >= 15 is 0 Å². The van der Waals surface area contributed by atoms with Crippen LogP contribution in [0.15, 0.2) is 24.3 Å². The monoisotopic (exact) mass is 274 g/mol. The van der Waals surface area contributed by atoms with Crippen LogP contribution in [0.4, 0.5) is 0 Å². The molecular weight excluding hydrogens is 252 g/mol. The van der Waals surface area contributed by atoms with Gasteiger partial charge in [0.05, 0.1) is 13.2 Å². The molecule has 0 bridgehead atoms. The van der Waals surface area contributed by atoms with Crippen molar-refractivity contribution >= 4 is 0 Å². The number of benzene rings is 1. The summed E-state index contributed by atoms with van der Waals surface area (Å²) in [7, 11) is 0. The van der Waals surface area contributed by atoms with Crippen LogP contribution in [0.3, 0.4) is 0 Å². The zero-order valence-electron chi connectivity index (χ0n) is 12.3. The largest absolute Gasteiger partial charge is 0.494 e. The third-order valence-electron chi connectivity index (χ3n) is 3.11. The topological polar surface area (TPSA) is 66.0 Å². The molecule has 0 fully saturated rings. The maximum Gasteiger partial charge on any atom is 0.147 e. The Morgan fingerprint density at radius 3 is 2.50 bits per heavy atom. The average molecular weight is 274 g/mol. The molecule has 0 amide bonds. The lowest BCUT2D eigenvalue weighted by Crippen LogP contribution is -2.19. The lowest BCUT2D eigenvalue weighted by Gasteiger charge is -2.13. The highest BCUT2D eigenvalue weighted by atomic mass is 16.5. The number of nitrogens with zero attached hydrogens (tertiary/aromatic N) is 3. The second-order valence-electron chi connectivity index (χ2n) is 4.91. The first-order valence-corrected chi connectivity index (χ1v) is 6.96. The molecule has 1 unspecified atom stereocenters. The van der Waals surface area contributed by atoms with Crippen LogP contribution in [-0.4, -0.2) is 21.4 Å². The van der Waals surface area contributed by atoms with Crippen LogP contribution >= 0.6 is 0 Å². The molecule has 0 aliphatic heterocycles. The standard InChI is InChI=1S/C15H22N4O/c1-4-9-20-14-7-5-13(6-8-14)15(16)10-19-12(3)17-11(2)18-19/h5-8,15H,4,9-10,16H2,1-3H3. The Bertz CT molecular complexity index is 548. The number of aryl methyl sites for hydroxylation is 2. The molecule has 2 N–H and O–H groups in total. The van der Waals surface area contributed by atoms with Crippen LogP contribution in [0, 0.1) is 13.8 Å². The molecule has 5 heteroatoms. The Balaban J connectivity index is 2.01. The summed E-state index contributed by atoms with van der Waals surface area (Å²) in [6.45, 7) is 7.28. The third kappa shape index (κ3) is 3.57. The molecule has 20 heavy (non-hydrogen) atoms. The summed E-state index contributed by atoms with van der Waals surface area (Å²) in [4.78, 5) is 4.28. The lowest BCUT2D eigenvalue weighted by atomic mass is 10.1. The fourth-order valence-corrected chi connectivity index (χ4v) is 2.06. The van der Waals surface area contributed by atoms with Crippen LogP contribution in [0.25, 0.3) is 0 Å². The number of aromatic nitrogens is 3. The smallest absolute Gasteiger partial charge is 0.147 e. The van der Waals surface area contributed by atoms with Gasteiger partial charge in [0.25, 0.3) is 0 Å². The molecule has 1 heterocycles. The molecule has 1 aromatic carbocycles. The van der Waals surface area contributed by atoms with E-state index in [1.165, 1.54) is 0 Å². The van der Waals surface area contributed by atoms with Crippen LogP contribution in [0.2, 0.25) is 0 Å². The molecular formula is C15H22N4O. The van der Waals surface area contributed by atoms with Crippen molar-refractivity contribution in [2.45, 2.75) is 39.8 Å². The van der Waals surface area contributed by atoms with E-state index in [9.17, 15) is 0 Å². The summed E-state index contributed by atoms with van der Waals surface area (Å²) in [5.41, 5.74) is 7.30. The van der Waals surface area contributed by atoms with Gasteiger partial charge in [0, 0.05) is 6.04 Å². The van der Waals surface area contributed by atoms with Crippen molar-refractivity contribution in [3.63, 3.8) is 0 Å². The summed E-state index contributed by atoms with van der Waals surface area (Å²) in [6.07, 6.45) is 1.01. The number of rotatable bonds is 6. The van der Waals surface area contributed by atoms with E-state index < -0.39 is 0 Å². The lowest BCUT2D eigenvalue weighted by molar-refractivity contribution is 0.317. The van der Waals surface area contributed by atoms with Gasteiger partial charge >= 0.3 is 0 Å². The van der Waals surface area contributed by atoms with Gasteiger partial charge in [0.1, 0.15) is 17.4 Å². The van der Waals surface area contributed by atoms with Crippen molar-refractivity contribution in [1.29, 1.82) is 0 Å². The van der Waals surface area contributed by atoms with Crippen molar-refractivity contribution in [2.75, 3.05) is 6.61 Å². The molecule has 0 aliphatic carbocycles. The fraction of sp³-hybridized carbons (Fsp3) is 0.467. The second kappa shape index (κ2) is 6.52. The quantitative estimate of drug-likeness (QED) is 0.878. The van der Waals surface area contributed by atoms with Gasteiger partial charge in [-0.1, -0.05) is 19.1 Å². The van der Waals surface area contributed by atoms with E-state index in [-0.39, 0.29) is 6.04 Å².